The van der Waals surface area contributed by atoms with E-state index in [0.717, 1.165) is 24.4 Å². The molecule has 0 bridgehead atoms. The van der Waals surface area contributed by atoms with Crippen LogP contribution in [0.25, 0.3) is 0 Å². The number of likely N-dealkylation sites (tertiary alicyclic amines) is 1. The lowest BCUT2D eigenvalue weighted by atomic mass is 9.81. The summed E-state index contributed by atoms with van der Waals surface area (Å²) in [5.41, 5.74) is 6.59. The lowest BCUT2D eigenvalue weighted by molar-refractivity contribution is 0.0308. The molecule has 1 aliphatic heterocycles. The van der Waals surface area contributed by atoms with E-state index in [9.17, 15) is 0 Å². The molecule has 0 aromatic rings. The molecule has 4 atom stereocenters. The third-order valence-electron chi connectivity index (χ3n) is 6.10. The van der Waals surface area contributed by atoms with Gasteiger partial charge in [-0.2, -0.15) is 0 Å². The van der Waals surface area contributed by atoms with Gasteiger partial charge in [0.25, 0.3) is 0 Å². The van der Waals surface area contributed by atoms with Gasteiger partial charge in [-0.15, -0.1) is 0 Å². The van der Waals surface area contributed by atoms with E-state index >= 15 is 0 Å². The number of rotatable bonds is 2. The summed E-state index contributed by atoms with van der Waals surface area (Å²) >= 11 is 0. The van der Waals surface area contributed by atoms with E-state index < -0.39 is 0 Å². The van der Waals surface area contributed by atoms with Gasteiger partial charge < -0.3 is 5.73 Å². The van der Waals surface area contributed by atoms with Crippen LogP contribution < -0.4 is 5.73 Å². The van der Waals surface area contributed by atoms with Crippen molar-refractivity contribution in [1.29, 1.82) is 0 Å². The minimum Gasteiger partial charge on any atom is -0.329 e. The molecular weight excluding hydrogens is 208 g/mol. The van der Waals surface area contributed by atoms with Gasteiger partial charge in [0.15, 0.2) is 0 Å². The quantitative estimate of drug-likeness (QED) is 0.799. The molecule has 1 heterocycles. The van der Waals surface area contributed by atoms with Crippen LogP contribution >= 0.6 is 0 Å². The Kier molecular flexibility index (Phi) is 3.20. The van der Waals surface area contributed by atoms with Crippen molar-refractivity contribution < 1.29 is 0 Å². The molecule has 0 spiro atoms. The average molecular weight is 236 g/mol. The van der Waals surface area contributed by atoms with Crippen LogP contribution in [0.4, 0.5) is 0 Å². The van der Waals surface area contributed by atoms with Gasteiger partial charge >= 0.3 is 0 Å². The van der Waals surface area contributed by atoms with Crippen LogP contribution in [0, 0.1) is 11.8 Å². The molecule has 2 heteroatoms. The molecule has 3 rings (SSSR count). The van der Waals surface area contributed by atoms with Gasteiger partial charge in [0.1, 0.15) is 0 Å². The van der Waals surface area contributed by atoms with Crippen molar-refractivity contribution in [1.82, 2.24) is 4.90 Å². The minimum atomic E-state index is 0.372. The van der Waals surface area contributed by atoms with E-state index in [0.29, 0.717) is 5.54 Å². The Morgan fingerprint density at radius 1 is 1.12 bits per heavy atom. The molecule has 98 valence electrons. The first-order valence-corrected chi connectivity index (χ1v) is 7.75. The molecule has 2 saturated carbocycles. The van der Waals surface area contributed by atoms with E-state index in [1.807, 2.05) is 0 Å². The van der Waals surface area contributed by atoms with Gasteiger partial charge in [0.2, 0.25) is 0 Å². The largest absolute Gasteiger partial charge is 0.329 e. The zero-order chi connectivity index (χ0) is 11.9. The van der Waals surface area contributed by atoms with Crippen LogP contribution in [-0.2, 0) is 0 Å². The van der Waals surface area contributed by atoms with Gasteiger partial charge in [0.05, 0.1) is 0 Å². The molecule has 1 saturated heterocycles. The highest BCUT2D eigenvalue weighted by molar-refractivity contribution is 5.06. The molecule has 0 aromatic carbocycles. The molecule has 0 radical (unpaired) electrons. The van der Waals surface area contributed by atoms with Crippen LogP contribution in [0.2, 0.25) is 0 Å². The molecule has 2 aliphatic carbocycles. The Balaban J connectivity index is 1.82. The zero-order valence-electron chi connectivity index (χ0n) is 11.3. The maximum Gasteiger partial charge on any atom is 0.0360 e. The number of fused-ring (bicyclic) bond motifs is 1. The highest BCUT2D eigenvalue weighted by Crippen LogP contribution is 2.47. The summed E-state index contributed by atoms with van der Waals surface area (Å²) in [6, 6.07) is 0.882. The van der Waals surface area contributed by atoms with Crippen LogP contribution in [0.5, 0.6) is 0 Å². The zero-order valence-corrected chi connectivity index (χ0v) is 11.3. The van der Waals surface area contributed by atoms with Crippen molar-refractivity contribution in [2.75, 3.05) is 13.1 Å². The summed E-state index contributed by atoms with van der Waals surface area (Å²) in [5.74, 6) is 1.81. The van der Waals surface area contributed by atoms with Gasteiger partial charge in [0, 0.05) is 18.1 Å². The normalized spacial score (nSPS) is 47.3. The van der Waals surface area contributed by atoms with Gasteiger partial charge in [-0.1, -0.05) is 26.2 Å². The first kappa shape index (κ1) is 12.0. The van der Waals surface area contributed by atoms with Crippen molar-refractivity contribution in [2.24, 2.45) is 17.6 Å². The van der Waals surface area contributed by atoms with Crippen molar-refractivity contribution >= 4 is 0 Å². The first-order chi connectivity index (χ1) is 8.28. The monoisotopic (exact) mass is 236 g/mol. The summed E-state index contributed by atoms with van der Waals surface area (Å²) in [6.07, 6.45) is 11.4. The van der Waals surface area contributed by atoms with E-state index in [4.69, 9.17) is 5.73 Å². The van der Waals surface area contributed by atoms with Crippen molar-refractivity contribution in [3.05, 3.63) is 0 Å². The van der Waals surface area contributed by atoms with E-state index in [1.54, 1.807) is 0 Å². The Morgan fingerprint density at radius 3 is 2.65 bits per heavy atom. The molecule has 17 heavy (non-hydrogen) atoms. The van der Waals surface area contributed by atoms with Crippen LogP contribution in [0.15, 0.2) is 0 Å². The van der Waals surface area contributed by atoms with Gasteiger partial charge in [-0.3, -0.25) is 4.90 Å². The van der Waals surface area contributed by atoms with Gasteiger partial charge in [-0.05, 0) is 50.5 Å². The van der Waals surface area contributed by atoms with Crippen molar-refractivity contribution in [2.45, 2.75) is 69.9 Å². The lowest BCUT2D eigenvalue weighted by Gasteiger charge is -2.47. The third-order valence-corrected chi connectivity index (χ3v) is 6.10. The smallest absolute Gasteiger partial charge is 0.0360 e. The Hall–Kier alpha value is -0.0800. The fourth-order valence-electron chi connectivity index (χ4n) is 5.04. The topological polar surface area (TPSA) is 29.3 Å². The van der Waals surface area contributed by atoms with Crippen LogP contribution in [0.3, 0.4) is 0 Å². The molecule has 0 amide bonds. The molecule has 0 aromatic heterocycles. The summed E-state index contributed by atoms with van der Waals surface area (Å²) in [6.45, 7) is 4.66. The van der Waals surface area contributed by atoms with Crippen LogP contribution in [0.1, 0.15) is 58.3 Å². The number of hydrogen-bond donors (Lipinski definition) is 1. The van der Waals surface area contributed by atoms with E-state index in [1.165, 1.54) is 57.9 Å². The number of hydrogen-bond acceptors (Lipinski definition) is 2. The van der Waals surface area contributed by atoms with Crippen molar-refractivity contribution in [3.63, 3.8) is 0 Å². The Labute approximate surface area is 106 Å². The highest BCUT2D eigenvalue weighted by atomic mass is 15.3. The SMILES string of the molecule is CC1CCCC1(CN)N1CCC2CCCCC21. The number of nitrogens with two attached hydrogens (primary N) is 1. The molecule has 2 nitrogen and oxygen atoms in total. The summed E-state index contributed by atoms with van der Waals surface area (Å²) in [4.78, 5) is 2.87. The predicted molar refractivity (Wildman–Crippen MR) is 71.9 cm³/mol. The number of nitrogens with zero attached hydrogens (tertiary/aromatic N) is 1. The second kappa shape index (κ2) is 4.55. The van der Waals surface area contributed by atoms with Crippen LogP contribution in [-0.4, -0.2) is 29.6 Å². The summed E-state index contributed by atoms with van der Waals surface area (Å²) < 4.78 is 0. The second-order valence-corrected chi connectivity index (χ2v) is 6.69. The highest BCUT2D eigenvalue weighted by Gasteiger charge is 2.50. The molecule has 3 fully saturated rings. The molecule has 2 N–H and O–H groups in total. The lowest BCUT2D eigenvalue weighted by Crippen LogP contribution is -2.58. The van der Waals surface area contributed by atoms with E-state index in [-0.39, 0.29) is 0 Å². The summed E-state index contributed by atoms with van der Waals surface area (Å²) in [7, 11) is 0. The summed E-state index contributed by atoms with van der Waals surface area (Å²) in [5, 5.41) is 0. The Bertz CT molecular complexity index is 278. The van der Waals surface area contributed by atoms with Gasteiger partial charge in [-0.25, -0.2) is 0 Å². The maximum absolute atomic E-state index is 6.22. The standard InChI is InChI=1S/C15H28N2/c1-12-5-4-9-15(12,11-16)17-10-8-13-6-2-3-7-14(13)17/h12-14H,2-11,16H2,1H3. The van der Waals surface area contributed by atoms with Crippen molar-refractivity contribution in [3.8, 4) is 0 Å². The maximum atomic E-state index is 6.22. The fraction of sp³-hybridized carbons (Fsp3) is 1.00. The Morgan fingerprint density at radius 2 is 1.94 bits per heavy atom. The second-order valence-electron chi connectivity index (χ2n) is 6.69. The first-order valence-electron chi connectivity index (χ1n) is 7.75. The average Bonchev–Trinajstić information content (AvgIpc) is 2.93. The minimum absolute atomic E-state index is 0.372. The molecule has 3 aliphatic rings. The fourth-order valence-corrected chi connectivity index (χ4v) is 5.04. The predicted octanol–water partition coefficient (Wildman–Crippen LogP) is 2.77. The van der Waals surface area contributed by atoms with E-state index in [2.05, 4.69) is 11.8 Å². The third kappa shape index (κ3) is 1.76. The molecular formula is C15H28N2. The molecule has 4 unspecified atom stereocenters.